The maximum Gasteiger partial charge on any atom is 0.414 e. The molecule has 0 aliphatic carbocycles. The Hall–Kier alpha value is -2.87. The number of aliphatic hydroxyl groups is 1. The molecule has 0 spiro atoms. The minimum absolute atomic E-state index is 0.158. The largest absolute Gasteiger partial charge is 0.442 e. The molecule has 0 bridgehead atoms. The van der Waals surface area contributed by atoms with Crippen LogP contribution in [0, 0.1) is 0 Å². The Kier molecular flexibility index (Phi) is 5.75. The predicted molar refractivity (Wildman–Crippen MR) is 99.0 cm³/mol. The number of nitrogens with one attached hydrogen (secondary N) is 1. The van der Waals surface area contributed by atoms with E-state index in [-0.39, 0.29) is 17.9 Å². The predicted octanol–water partition coefficient (Wildman–Crippen LogP) is 0.756. The van der Waals surface area contributed by atoms with Gasteiger partial charge in [0.25, 0.3) is 0 Å². The molecule has 1 aromatic carbocycles. The van der Waals surface area contributed by atoms with E-state index in [0.29, 0.717) is 26.2 Å². The molecule has 1 aromatic rings. The standard InChI is InChI=1S/C19H23N3O5/c1-13(24)20-10-17-11-22(19(26)27-17)16-4-2-14(3-5-16)15-6-8-21(9-7-15)18(25)12-23/h2-6,17,23H,7-12H2,1H3,(H,20,24)/t17-/m0/s1. The third-order valence-corrected chi connectivity index (χ3v) is 4.70. The topological polar surface area (TPSA) is 99.2 Å². The summed E-state index contributed by atoms with van der Waals surface area (Å²) in [4.78, 5) is 37.7. The zero-order valence-corrected chi connectivity index (χ0v) is 15.2. The van der Waals surface area contributed by atoms with Crippen LogP contribution in [0.15, 0.2) is 30.3 Å². The molecule has 0 saturated carbocycles. The van der Waals surface area contributed by atoms with Gasteiger partial charge in [-0.15, -0.1) is 0 Å². The molecule has 144 valence electrons. The van der Waals surface area contributed by atoms with Crippen LogP contribution in [-0.4, -0.2) is 66.8 Å². The third-order valence-electron chi connectivity index (χ3n) is 4.70. The summed E-state index contributed by atoms with van der Waals surface area (Å²) in [6, 6.07) is 7.62. The van der Waals surface area contributed by atoms with Crippen LogP contribution in [0.1, 0.15) is 18.9 Å². The lowest BCUT2D eigenvalue weighted by atomic mass is 9.99. The number of carbonyl (C=O) groups excluding carboxylic acids is 3. The van der Waals surface area contributed by atoms with Gasteiger partial charge in [-0.05, 0) is 29.7 Å². The number of benzene rings is 1. The maximum absolute atomic E-state index is 12.1. The number of carbonyl (C=O) groups is 3. The van der Waals surface area contributed by atoms with Crippen LogP contribution in [0.2, 0.25) is 0 Å². The normalized spacial score (nSPS) is 19.6. The average Bonchev–Trinajstić information content (AvgIpc) is 3.06. The molecule has 0 aromatic heterocycles. The number of anilines is 1. The van der Waals surface area contributed by atoms with Crippen molar-refractivity contribution in [3.8, 4) is 0 Å². The van der Waals surface area contributed by atoms with E-state index < -0.39 is 12.7 Å². The summed E-state index contributed by atoms with van der Waals surface area (Å²) in [7, 11) is 0. The minimum atomic E-state index is -0.466. The number of aliphatic hydroxyl groups excluding tert-OH is 1. The van der Waals surface area contributed by atoms with Gasteiger partial charge in [0.15, 0.2) is 0 Å². The molecule has 8 heteroatoms. The number of rotatable bonds is 5. The van der Waals surface area contributed by atoms with Gasteiger partial charge in [-0.1, -0.05) is 18.2 Å². The van der Waals surface area contributed by atoms with Crippen LogP contribution in [0.25, 0.3) is 5.57 Å². The first-order valence-electron chi connectivity index (χ1n) is 8.88. The highest BCUT2D eigenvalue weighted by molar-refractivity contribution is 5.90. The van der Waals surface area contributed by atoms with Gasteiger partial charge in [-0.25, -0.2) is 4.79 Å². The molecule has 2 aliphatic rings. The van der Waals surface area contributed by atoms with E-state index in [1.807, 2.05) is 30.3 Å². The molecule has 8 nitrogen and oxygen atoms in total. The van der Waals surface area contributed by atoms with Crippen molar-refractivity contribution in [3.63, 3.8) is 0 Å². The molecule has 2 N–H and O–H groups in total. The second-order valence-corrected chi connectivity index (χ2v) is 6.58. The smallest absolute Gasteiger partial charge is 0.414 e. The van der Waals surface area contributed by atoms with Crippen molar-refractivity contribution in [2.75, 3.05) is 37.7 Å². The number of hydrogen-bond donors (Lipinski definition) is 2. The highest BCUT2D eigenvalue weighted by Gasteiger charge is 2.32. The molecule has 3 amide bonds. The molecule has 1 fully saturated rings. The van der Waals surface area contributed by atoms with E-state index in [4.69, 9.17) is 9.84 Å². The lowest BCUT2D eigenvalue weighted by molar-refractivity contribution is -0.133. The van der Waals surface area contributed by atoms with Crippen molar-refractivity contribution in [1.29, 1.82) is 0 Å². The SMILES string of the molecule is CC(=O)NC[C@H]1CN(c2ccc(C3=CCN(C(=O)CO)CC3)cc2)C(=O)O1. The van der Waals surface area contributed by atoms with Crippen LogP contribution in [0.3, 0.4) is 0 Å². The van der Waals surface area contributed by atoms with E-state index in [0.717, 1.165) is 23.2 Å². The summed E-state index contributed by atoms with van der Waals surface area (Å²) in [5.74, 6) is -0.420. The Bertz CT molecular complexity index is 759. The highest BCUT2D eigenvalue weighted by atomic mass is 16.6. The lowest BCUT2D eigenvalue weighted by Crippen LogP contribution is -2.36. The molecule has 0 unspecified atom stereocenters. The van der Waals surface area contributed by atoms with Crippen molar-refractivity contribution in [2.45, 2.75) is 19.4 Å². The van der Waals surface area contributed by atoms with Crippen molar-refractivity contribution in [1.82, 2.24) is 10.2 Å². The first kappa shape index (κ1) is 18.9. The van der Waals surface area contributed by atoms with E-state index in [9.17, 15) is 14.4 Å². The molecular formula is C19H23N3O5. The number of amides is 3. The van der Waals surface area contributed by atoms with Crippen LogP contribution >= 0.6 is 0 Å². The fraction of sp³-hybridized carbons (Fsp3) is 0.421. The van der Waals surface area contributed by atoms with Crippen LogP contribution in [-0.2, 0) is 14.3 Å². The molecule has 1 saturated heterocycles. The second-order valence-electron chi connectivity index (χ2n) is 6.58. The molecule has 1 atom stereocenters. The van der Waals surface area contributed by atoms with E-state index >= 15 is 0 Å². The number of hydrogen-bond acceptors (Lipinski definition) is 5. The van der Waals surface area contributed by atoms with E-state index in [1.165, 1.54) is 6.92 Å². The van der Waals surface area contributed by atoms with Gasteiger partial charge in [0.2, 0.25) is 11.8 Å². The summed E-state index contributed by atoms with van der Waals surface area (Å²) in [5.41, 5.74) is 2.91. The van der Waals surface area contributed by atoms with Crippen molar-refractivity contribution in [2.24, 2.45) is 0 Å². The molecule has 2 heterocycles. The van der Waals surface area contributed by atoms with Gasteiger partial charge in [0.1, 0.15) is 12.7 Å². The number of nitrogens with zero attached hydrogens (tertiary/aromatic N) is 2. The van der Waals surface area contributed by atoms with E-state index in [2.05, 4.69) is 5.32 Å². The zero-order valence-electron chi connectivity index (χ0n) is 15.2. The van der Waals surface area contributed by atoms with Crippen molar-refractivity contribution in [3.05, 3.63) is 35.9 Å². The quantitative estimate of drug-likeness (QED) is 0.794. The Morgan fingerprint density at radius 2 is 2.04 bits per heavy atom. The monoisotopic (exact) mass is 373 g/mol. The summed E-state index contributed by atoms with van der Waals surface area (Å²) in [6.45, 7) is 2.71. The van der Waals surface area contributed by atoms with Gasteiger partial charge in [-0.2, -0.15) is 0 Å². The van der Waals surface area contributed by atoms with Gasteiger partial charge < -0.3 is 20.1 Å². The zero-order chi connectivity index (χ0) is 19.4. The average molecular weight is 373 g/mol. The maximum atomic E-state index is 12.1. The molecule has 27 heavy (non-hydrogen) atoms. The Labute approximate surface area is 157 Å². The first-order valence-corrected chi connectivity index (χ1v) is 8.88. The Morgan fingerprint density at radius 3 is 2.63 bits per heavy atom. The second kappa shape index (κ2) is 8.22. The Balaban J connectivity index is 1.62. The minimum Gasteiger partial charge on any atom is -0.442 e. The highest BCUT2D eigenvalue weighted by Crippen LogP contribution is 2.27. The lowest BCUT2D eigenvalue weighted by Gasteiger charge is -2.26. The third kappa shape index (κ3) is 4.46. The van der Waals surface area contributed by atoms with E-state index in [1.54, 1.807) is 9.80 Å². The van der Waals surface area contributed by atoms with Gasteiger partial charge in [0, 0.05) is 25.7 Å². The van der Waals surface area contributed by atoms with Gasteiger partial charge >= 0.3 is 6.09 Å². The van der Waals surface area contributed by atoms with Crippen LogP contribution < -0.4 is 10.2 Å². The summed E-state index contributed by atoms with van der Waals surface area (Å²) >= 11 is 0. The Morgan fingerprint density at radius 1 is 1.30 bits per heavy atom. The van der Waals surface area contributed by atoms with Crippen LogP contribution in [0.4, 0.5) is 10.5 Å². The molecule has 3 rings (SSSR count). The number of cyclic esters (lactones) is 1. The van der Waals surface area contributed by atoms with Gasteiger partial charge in [-0.3, -0.25) is 14.5 Å². The fourth-order valence-electron chi connectivity index (χ4n) is 3.21. The first-order chi connectivity index (χ1) is 13.0. The number of ether oxygens (including phenoxy) is 1. The molecule has 0 radical (unpaired) electrons. The van der Waals surface area contributed by atoms with Gasteiger partial charge in [0.05, 0.1) is 13.1 Å². The van der Waals surface area contributed by atoms with Crippen molar-refractivity contribution >= 4 is 29.2 Å². The molecular weight excluding hydrogens is 350 g/mol. The fourth-order valence-corrected chi connectivity index (χ4v) is 3.21. The summed E-state index contributed by atoms with van der Waals surface area (Å²) in [5, 5.41) is 11.6. The van der Waals surface area contributed by atoms with Crippen molar-refractivity contribution < 1.29 is 24.2 Å². The summed E-state index contributed by atoms with van der Waals surface area (Å²) in [6.07, 6.45) is 1.92. The van der Waals surface area contributed by atoms with Crippen LogP contribution in [0.5, 0.6) is 0 Å². The molecule has 2 aliphatic heterocycles. The summed E-state index contributed by atoms with van der Waals surface area (Å²) < 4.78 is 5.27.